The van der Waals surface area contributed by atoms with E-state index in [1.807, 2.05) is 0 Å². The van der Waals surface area contributed by atoms with Crippen molar-refractivity contribution < 1.29 is 4.79 Å². The second-order valence-electron chi connectivity index (χ2n) is 3.26. The summed E-state index contributed by atoms with van der Waals surface area (Å²) in [7, 11) is 0. The normalized spacial score (nSPS) is 10.1. The van der Waals surface area contributed by atoms with Crippen molar-refractivity contribution in [3.05, 3.63) is 45.4 Å². The fraction of sp³-hybridized carbons (Fsp3) is 0.111. The zero-order valence-electron chi connectivity index (χ0n) is 8.64. The molecule has 2 rings (SSSR count). The predicted molar refractivity (Wildman–Crippen MR) is 58.5 cm³/mol. The molecule has 0 aliphatic rings. The largest absolute Gasteiger partial charge is 0.328 e. The Hall–Kier alpha value is -2.64. The molecule has 88 valence electrons. The molecule has 0 radical (unpaired) electrons. The molecule has 1 amide bonds. The molecule has 8 nitrogen and oxygen atoms in total. The van der Waals surface area contributed by atoms with E-state index in [9.17, 15) is 14.4 Å². The zero-order valence-corrected chi connectivity index (χ0v) is 8.64. The Morgan fingerprint density at radius 2 is 2.24 bits per heavy atom. The van der Waals surface area contributed by atoms with Crippen LogP contribution in [0.3, 0.4) is 0 Å². The summed E-state index contributed by atoms with van der Waals surface area (Å²) in [5.41, 5.74) is -1.13. The van der Waals surface area contributed by atoms with E-state index in [2.05, 4.69) is 20.5 Å². The van der Waals surface area contributed by atoms with Gasteiger partial charge in [-0.1, -0.05) is 0 Å². The first kappa shape index (κ1) is 10.9. The number of rotatable bonds is 3. The molecule has 0 aromatic carbocycles. The zero-order chi connectivity index (χ0) is 12.3. The van der Waals surface area contributed by atoms with E-state index in [0.717, 1.165) is 4.57 Å². The molecule has 0 bridgehead atoms. The number of H-pyrrole nitrogens is 2. The van der Waals surface area contributed by atoms with Gasteiger partial charge in [0.15, 0.2) is 0 Å². The lowest BCUT2D eigenvalue weighted by molar-refractivity contribution is -0.116. The number of anilines is 1. The maximum atomic E-state index is 11.5. The maximum Gasteiger partial charge on any atom is 0.328 e. The molecule has 0 unspecified atom stereocenters. The number of carbonyl (C=O) groups excluding carboxylic acids is 1. The van der Waals surface area contributed by atoms with Crippen molar-refractivity contribution in [2.75, 3.05) is 5.32 Å². The Morgan fingerprint density at radius 1 is 1.41 bits per heavy atom. The second-order valence-corrected chi connectivity index (χ2v) is 3.26. The molecule has 2 aromatic heterocycles. The topological polar surface area (TPSA) is 113 Å². The van der Waals surface area contributed by atoms with Crippen molar-refractivity contribution in [1.29, 1.82) is 0 Å². The lowest BCUT2D eigenvalue weighted by Crippen LogP contribution is -2.32. The Labute approximate surface area is 94.3 Å². The van der Waals surface area contributed by atoms with Crippen LogP contribution in [0.4, 0.5) is 5.82 Å². The van der Waals surface area contributed by atoms with Gasteiger partial charge < -0.3 is 5.32 Å². The van der Waals surface area contributed by atoms with Crippen molar-refractivity contribution in [2.24, 2.45) is 0 Å². The highest BCUT2D eigenvalue weighted by Crippen LogP contribution is 1.97. The minimum absolute atomic E-state index is 0.186. The van der Waals surface area contributed by atoms with E-state index in [1.54, 1.807) is 6.07 Å². The van der Waals surface area contributed by atoms with Crippen LogP contribution in [0, 0.1) is 0 Å². The van der Waals surface area contributed by atoms with Gasteiger partial charge in [-0.2, -0.15) is 5.10 Å². The lowest BCUT2D eigenvalue weighted by Gasteiger charge is -2.04. The van der Waals surface area contributed by atoms with E-state index in [4.69, 9.17) is 0 Å². The number of aromatic nitrogens is 4. The van der Waals surface area contributed by atoms with E-state index >= 15 is 0 Å². The molecule has 0 saturated carbocycles. The Balaban J connectivity index is 2.08. The number of amides is 1. The molecular formula is C9H9N5O3. The molecule has 0 aliphatic heterocycles. The Morgan fingerprint density at radius 3 is 2.88 bits per heavy atom. The summed E-state index contributed by atoms with van der Waals surface area (Å²) in [6.45, 7) is -0.186. The van der Waals surface area contributed by atoms with Crippen molar-refractivity contribution in [1.82, 2.24) is 19.7 Å². The van der Waals surface area contributed by atoms with E-state index < -0.39 is 17.2 Å². The number of nitrogens with one attached hydrogen (secondary N) is 3. The highest BCUT2D eigenvalue weighted by atomic mass is 16.2. The molecule has 0 atom stereocenters. The molecule has 17 heavy (non-hydrogen) atoms. The number of hydrogen-bond acceptors (Lipinski definition) is 4. The highest BCUT2D eigenvalue weighted by Gasteiger charge is 2.05. The summed E-state index contributed by atoms with van der Waals surface area (Å²) in [4.78, 5) is 35.6. The minimum Gasteiger partial charge on any atom is -0.310 e. The third kappa shape index (κ3) is 2.68. The van der Waals surface area contributed by atoms with Crippen LogP contribution < -0.4 is 16.6 Å². The summed E-state index contributed by atoms with van der Waals surface area (Å²) < 4.78 is 1.09. The number of aromatic amines is 2. The van der Waals surface area contributed by atoms with Gasteiger partial charge in [0.05, 0.1) is 6.20 Å². The minimum atomic E-state index is -0.628. The molecule has 2 aromatic rings. The first-order valence-corrected chi connectivity index (χ1v) is 4.74. The van der Waals surface area contributed by atoms with Crippen molar-refractivity contribution >= 4 is 11.7 Å². The van der Waals surface area contributed by atoms with Crippen LogP contribution in [-0.2, 0) is 11.3 Å². The van der Waals surface area contributed by atoms with Gasteiger partial charge in [-0.05, 0) is 0 Å². The molecular weight excluding hydrogens is 226 g/mol. The average molecular weight is 235 g/mol. The third-order valence-corrected chi connectivity index (χ3v) is 1.99. The average Bonchev–Trinajstić information content (AvgIpc) is 2.75. The highest BCUT2D eigenvalue weighted by molar-refractivity contribution is 5.89. The monoisotopic (exact) mass is 235 g/mol. The van der Waals surface area contributed by atoms with Gasteiger partial charge in [0.1, 0.15) is 12.4 Å². The standard InChI is InChI=1S/C9H9N5O3/c15-7-2-4-14(9(17)12-7)5-8(16)11-6-1-3-10-13-6/h1-4H,5H2,(H,12,15,17)(H2,10,11,13,16). The van der Waals surface area contributed by atoms with Gasteiger partial charge in [0.25, 0.3) is 5.56 Å². The van der Waals surface area contributed by atoms with Crippen molar-refractivity contribution in [2.45, 2.75) is 6.54 Å². The second kappa shape index (κ2) is 4.47. The third-order valence-electron chi connectivity index (χ3n) is 1.99. The molecule has 0 fully saturated rings. The quantitative estimate of drug-likeness (QED) is 0.626. The SMILES string of the molecule is O=C(Cn1ccc(=O)[nH]c1=O)Nc1ccn[nH]1. The van der Waals surface area contributed by atoms with Crippen LogP contribution in [0.25, 0.3) is 0 Å². The first-order chi connectivity index (χ1) is 8.15. The van der Waals surface area contributed by atoms with Crippen LogP contribution in [0.15, 0.2) is 34.1 Å². The van der Waals surface area contributed by atoms with Gasteiger partial charge in [-0.15, -0.1) is 0 Å². The first-order valence-electron chi connectivity index (χ1n) is 4.74. The summed E-state index contributed by atoms with van der Waals surface area (Å²) in [5, 5.41) is 8.71. The van der Waals surface area contributed by atoms with Gasteiger partial charge >= 0.3 is 5.69 Å². The van der Waals surface area contributed by atoms with E-state index in [-0.39, 0.29) is 6.54 Å². The Bertz CT molecular complexity index is 625. The van der Waals surface area contributed by atoms with Gasteiger partial charge in [-0.25, -0.2) is 4.79 Å². The van der Waals surface area contributed by atoms with Gasteiger partial charge in [-0.3, -0.25) is 24.2 Å². The molecule has 0 aliphatic carbocycles. The fourth-order valence-electron chi connectivity index (χ4n) is 1.24. The van der Waals surface area contributed by atoms with Crippen molar-refractivity contribution in [3.63, 3.8) is 0 Å². The van der Waals surface area contributed by atoms with E-state index in [0.29, 0.717) is 5.82 Å². The smallest absolute Gasteiger partial charge is 0.310 e. The summed E-state index contributed by atoms with van der Waals surface area (Å²) in [6.07, 6.45) is 2.75. The molecule has 2 heterocycles. The summed E-state index contributed by atoms with van der Waals surface area (Å²) in [5.74, 6) is 0.0378. The van der Waals surface area contributed by atoms with Gasteiger partial charge in [0.2, 0.25) is 5.91 Å². The van der Waals surface area contributed by atoms with Crippen LogP contribution in [0.5, 0.6) is 0 Å². The molecule has 8 heteroatoms. The van der Waals surface area contributed by atoms with Crippen LogP contribution in [-0.4, -0.2) is 25.7 Å². The Kier molecular flexibility index (Phi) is 2.86. The molecule has 0 spiro atoms. The fourth-order valence-corrected chi connectivity index (χ4v) is 1.24. The summed E-state index contributed by atoms with van der Waals surface area (Å²) >= 11 is 0. The lowest BCUT2D eigenvalue weighted by atomic mass is 10.5. The van der Waals surface area contributed by atoms with Crippen LogP contribution in [0.1, 0.15) is 0 Å². The summed E-state index contributed by atoms with van der Waals surface area (Å²) in [6, 6.07) is 2.75. The van der Waals surface area contributed by atoms with Crippen LogP contribution in [0.2, 0.25) is 0 Å². The molecule has 3 N–H and O–H groups in total. The predicted octanol–water partition coefficient (Wildman–Crippen LogP) is -1.10. The van der Waals surface area contributed by atoms with Crippen molar-refractivity contribution in [3.8, 4) is 0 Å². The number of carbonyl (C=O) groups is 1. The maximum absolute atomic E-state index is 11.5. The number of hydrogen-bond donors (Lipinski definition) is 3. The van der Waals surface area contributed by atoms with Gasteiger partial charge in [0, 0.05) is 18.3 Å². The van der Waals surface area contributed by atoms with E-state index in [1.165, 1.54) is 18.5 Å². The molecule has 0 saturated heterocycles. The number of nitrogens with zero attached hydrogens (tertiary/aromatic N) is 2. The van der Waals surface area contributed by atoms with Crippen LogP contribution >= 0.6 is 0 Å².